The molecular formula is C18H21N7O6S. The first-order valence-electron chi connectivity index (χ1n) is 9.43. The molecule has 2 aromatic heterocycles. The molecule has 1 amide bonds. The van der Waals surface area contributed by atoms with Gasteiger partial charge in [-0.1, -0.05) is 12.1 Å². The van der Waals surface area contributed by atoms with Gasteiger partial charge in [-0.3, -0.25) is 9.36 Å². The molecule has 1 aliphatic rings. The van der Waals surface area contributed by atoms with E-state index in [9.17, 15) is 23.4 Å². The zero-order chi connectivity index (χ0) is 23.0. The van der Waals surface area contributed by atoms with Crippen molar-refractivity contribution in [1.29, 1.82) is 0 Å². The lowest BCUT2D eigenvalue weighted by atomic mass is 10.1. The van der Waals surface area contributed by atoms with Crippen LogP contribution in [-0.4, -0.2) is 63.9 Å². The molecule has 4 atom stereocenters. The Morgan fingerprint density at radius 1 is 1.12 bits per heavy atom. The predicted octanol–water partition coefficient (Wildman–Crippen LogP) is -1.52. The van der Waals surface area contributed by atoms with Crippen molar-refractivity contribution in [2.75, 3.05) is 18.0 Å². The molecule has 0 aliphatic carbocycles. The number of nitrogens with one attached hydrogen (secondary N) is 2. The smallest absolute Gasteiger partial charge is 0.301 e. The Balaban J connectivity index is 1.44. The van der Waals surface area contributed by atoms with Gasteiger partial charge in [-0.2, -0.15) is 13.1 Å². The van der Waals surface area contributed by atoms with Crippen molar-refractivity contribution >= 4 is 38.7 Å². The molecule has 0 spiro atoms. The molecule has 3 heterocycles. The Bertz CT molecular complexity index is 1260. The number of hydrogen-bond acceptors (Lipinski definition) is 10. The van der Waals surface area contributed by atoms with E-state index in [4.69, 9.17) is 16.2 Å². The highest BCUT2D eigenvalue weighted by molar-refractivity contribution is 7.88. The molecule has 14 heteroatoms. The van der Waals surface area contributed by atoms with E-state index in [2.05, 4.69) is 14.7 Å². The van der Waals surface area contributed by atoms with Crippen LogP contribution in [0.25, 0.3) is 11.2 Å². The molecule has 170 valence electrons. The number of imidazole rings is 1. The molecular weight excluding hydrogens is 442 g/mol. The van der Waals surface area contributed by atoms with Gasteiger partial charge in [0.25, 0.3) is 5.91 Å². The summed E-state index contributed by atoms with van der Waals surface area (Å²) in [4.78, 5) is 20.5. The third-order valence-electron chi connectivity index (χ3n) is 5.01. The Morgan fingerprint density at radius 3 is 2.62 bits per heavy atom. The molecule has 1 saturated heterocycles. The third kappa shape index (κ3) is 4.09. The van der Waals surface area contributed by atoms with Crippen LogP contribution in [0.1, 0.15) is 16.6 Å². The second-order valence-electron chi connectivity index (χ2n) is 7.14. The van der Waals surface area contributed by atoms with Gasteiger partial charge in [-0.15, -0.1) is 0 Å². The molecule has 0 radical (unpaired) electrons. The summed E-state index contributed by atoms with van der Waals surface area (Å²) >= 11 is 0. The average Bonchev–Trinajstić information content (AvgIpc) is 3.29. The minimum absolute atomic E-state index is 0.00993. The van der Waals surface area contributed by atoms with Gasteiger partial charge in [-0.25, -0.2) is 14.7 Å². The SMILES string of the molecule is Nc1ccccc1C(=O)NS(=O)(=O)NC[C@H]1O[C@@H](n2cnc3c(N)ccnc32)[C@H](O)[C@@H]1O. The van der Waals surface area contributed by atoms with Gasteiger partial charge >= 0.3 is 10.2 Å². The Hall–Kier alpha value is -3.30. The first-order valence-corrected chi connectivity index (χ1v) is 10.9. The molecule has 0 bridgehead atoms. The summed E-state index contributed by atoms with van der Waals surface area (Å²) in [7, 11) is -4.31. The Morgan fingerprint density at radius 2 is 1.88 bits per heavy atom. The van der Waals surface area contributed by atoms with Crippen molar-refractivity contribution in [3.05, 3.63) is 48.4 Å². The maximum Gasteiger partial charge on any atom is 0.301 e. The lowest BCUT2D eigenvalue weighted by Crippen LogP contribution is -2.45. The lowest BCUT2D eigenvalue weighted by molar-refractivity contribution is -0.0330. The predicted molar refractivity (Wildman–Crippen MR) is 113 cm³/mol. The number of pyridine rings is 1. The molecule has 4 rings (SSSR count). The fraction of sp³-hybridized carbons (Fsp3) is 0.278. The second kappa shape index (κ2) is 8.33. The van der Waals surface area contributed by atoms with E-state index in [1.165, 1.54) is 35.3 Å². The van der Waals surface area contributed by atoms with E-state index >= 15 is 0 Å². The first kappa shape index (κ1) is 21.9. The van der Waals surface area contributed by atoms with Crippen LogP contribution in [0.2, 0.25) is 0 Å². The second-order valence-corrected chi connectivity index (χ2v) is 8.64. The number of ether oxygens (including phenoxy) is 1. The first-order chi connectivity index (χ1) is 15.2. The number of fused-ring (bicyclic) bond motifs is 1. The summed E-state index contributed by atoms with van der Waals surface area (Å²) in [5.74, 6) is -0.921. The van der Waals surface area contributed by atoms with Crippen LogP contribution in [0, 0.1) is 0 Å². The normalized spacial score (nSPS) is 23.4. The van der Waals surface area contributed by atoms with Crippen molar-refractivity contribution in [1.82, 2.24) is 24.0 Å². The number of rotatable bonds is 6. The number of amides is 1. The van der Waals surface area contributed by atoms with Crippen molar-refractivity contribution in [3.8, 4) is 0 Å². The fourth-order valence-corrected chi connectivity index (χ4v) is 4.19. The maximum absolute atomic E-state index is 12.3. The summed E-state index contributed by atoms with van der Waals surface area (Å²) in [5, 5.41) is 20.8. The number of nitrogens with zero attached hydrogens (tertiary/aromatic N) is 3. The zero-order valence-corrected chi connectivity index (χ0v) is 17.3. The zero-order valence-electron chi connectivity index (χ0n) is 16.5. The minimum Gasteiger partial charge on any atom is -0.398 e. The van der Waals surface area contributed by atoms with Crippen molar-refractivity contribution < 1.29 is 28.2 Å². The van der Waals surface area contributed by atoms with Crippen molar-refractivity contribution in [2.45, 2.75) is 24.5 Å². The highest BCUT2D eigenvalue weighted by Crippen LogP contribution is 2.32. The van der Waals surface area contributed by atoms with E-state index in [1.807, 2.05) is 4.72 Å². The summed E-state index contributed by atoms with van der Waals surface area (Å²) in [6.07, 6.45) is -2.22. The summed E-state index contributed by atoms with van der Waals surface area (Å²) in [5.41, 5.74) is 12.7. The van der Waals surface area contributed by atoms with Crippen LogP contribution >= 0.6 is 0 Å². The van der Waals surface area contributed by atoms with Gasteiger partial charge in [0.15, 0.2) is 11.9 Å². The largest absolute Gasteiger partial charge is 0.398 e. The molecule has 0 saturated carbocycles. The highest BCUT2D eigenvalue weighted by Gasteiger charge is 2.44. The number of aromatic nitrogens is 3. The fourth-order valence-electron chi connectivity index (χ4n) is 3.38. The lowest BCUT2D eigenvalue weighted by Gasteiger charge is -2.16. The number of aliphatic hydroxyl groups is 2. The van der Waals surface area contributed by atoms with Crippen LogP contribution in [0.5, 0.6) is 0 Å². The quantitative estimate of drug-likeness (QED) is 0.233. The van der Waals surface area contributed by atoms with Crippen LogP contribution in [0.3, 0.4) is 0 Å². The van der Waals surface area contributed by atoms with Crippen molar-refractivity contribution in [3.63, 3.8) is 0 Å². The summed E-state index contributed by atoms with van der Waals surface area (Å²) in [6.45, 7) is -0.427. The number of anilines is 2. The van der Waals surface area contributed by atoms with E-state index < -0.39 is 47.2 Å². The van der Waals surface area contributed by atoms with E-state index in [0.29, 0.717) is 16.9 Å². The average molecular weight is 463 g/mol. The number of nitrogen functional groups attached to an aromatic ring is 2. The monoisotopic (exact) mass is 463 g/mol. The molecule has 1 aromatic carbocycles. The number of nitrogens with two attached hydrogens (primary N) is 2. The van der Waals surface area contributed by atoms with E-state index in [0.717, 1.165) is 0 Å². The number of aliphatic hydroxyl groups excluding tert-OH is 2. The summed E-state index contributed by atoms with van der Waals surface area (Å²) < 4.78 is 35.6. The van der Waals surface area contributed by atoms with Crippen LogP contribution in [0.15, 0.2) is 42.9 Å². The molecule has 0 unspecified atom stereocenters. The van der Waals surface area contributed by atoms with E-state index in [-0.39, 0.29) is 11.3 Å². The van der Waals surface area contributed by atoms with Crippen LogP contribution in [-0.2, 0) is 14.9 Å². The van der Waals surface area contributed by atoms with Gasteiger partial charge in [0.2, 0.25) is 0 Å². The number of benzene rings is 1. The van der Waals surface area contributed by atoms with Crippen LogP contribution in [0.4, 0.5) is 11.4 Å². The Kier molecular flexibility index (Phi) is 5.70. The molecule has 3 aromatic rings. The topological polar surface area (TPSA) is 208 Å². The molecule has 1 fully saturated rings. The third-order valence-corrected chi connectivity index (χ3v) is 6.01. The number of carbonyl (C=O) groups is 1. The maximum atomic E-state index is 12.3. The highest BCUT2D eigenvalue weighted by atomic mass is 32.2. The number of hydrogen-bond donors (Lipinski definition) is 6. The molecule has 1 aliphatic heterocycles. The van der Waals surface area contributed by atoms with Gasteiger partial charge in [0.1, 0.15) is 23.8 Å². The van der Waals surface area contributed by atoms with Gasteiger partial charge in [-0.05, 0) is 18.2 Å². The summed E-state index contributed by atoms with van der Waals surface area (Å²) in [6, 6.07) is 7.54. The van der Waals surface area contributed by atoms with Gasteiger partial charge in [0, 0.05) is 18.4 Å². The number of carbonyl (C=O) groups excluding carboxylic acids is 1. The molecule has 32 heavy (non-hydrogen) atoms. The molecule has 13 nitrogen and oxygen atoms in total. The van der Waals surface area contributed by atoms with E-state index in [1.54, 1.807) is 12.1 Å². The Labute approximate surface area is 182 Å². The van der Waals surface area contributed by atoms with Crippen molar-refractivity contribution in [2.24, 2.45) is 0 Å². The van der Waals surface area contributed by atoms with Crippen LogP contribution < -0.4 is 20.9 Å². The van der Waals surface area contributed by atoms with Gasteiger partial charge in [0.05, 0.1) is 17.6 Å². The number of para-hydroxylation sites is 1. The standard InChI is InChI=1S/C18H21N7O6S/c19-10-4-2-1-3-9(10)17(28)24-32(29,30)23-7-12-14(26)15(27)18(31-12)25-8-22-13-11(20)5-6-21-16(13)25/h1-6,8,12,14-15,18,23,26-27H,7,19H2,(H2,20,21)(H,24,28)/t12-,14-,15-,18-/m1/s1. The van der Waals surface area contributed by atoms with Gasteiger partial charge < -0.3 is 26.4 Å². The molecule has 8 N–H and O–H groups in total. The minimum atomic E-state index is -4.31.